The average Bonchev–Trinajstić information content (AvgIpc) is 2.68. The molecule has 0 unspecified atom stereocenters. The van der Waals surface area contributed by atoms with Crippen molar-refractivity contribution in [2.24, 2.45) is 0 Å². The molecule has 0 aliphatic carbocycles. The van der Waals surface area contributed by atoms with Crippen LogP contribution in [0.2, 0.25) is 0 Å². The van der Waals surface area contributed by atoms with Crippen molar-refractivity contribution in [2.75, 3.05) is 55.0 Å². The van der Waals surface area contributed by atoms with Crippen molar-refractivity contribution in [3.63, 3.8) is 0 Å². The van der Waals surface area contributed by atoms with Crippen LogP contribution in [0, 0.1) is 0 Å². The number of para-hydroxylation sites is 2. The van der Waals surface area contributed by atoms with Crippen LogP contribution in [0.25, 0.3) is 10.9 Å². The van der Waals surface area contributed by atoms with E-state index in [1.54, 1.807) is 0 Å². The van der Waals surface area contributed by atoms with Gasteiger partial charge in [-0.05, 0) is 24.3 Å². The van der Waals surface area contributed by atoms with Crippen molar-refractivity contribution >= 4 is 40.8 Å². The molecule has 2 aromatic carbocycles. The molecule has 5 nitrogen and oxygen atoms in total. The molecule has 6 heteroatoms. The Morgan fingerprint density at radius 1 is 0.769 bits per heavy atom. The lowest BCUT2D eigenvalue weighted by atomic mass is 10.2. The highest BCUT2D eigenvalue weighted by Gasteiger charge is 2.20. The number of halogens is 1. The van der Waals surface area contributed by atoms with Crippen molar-refractivity contribution in [3.8, 4) is 0 Å². The van der Waals surface area contributed by atoms with E-state index >= 15 is 0 Å². The zero-order valence-corrected chi connectivity index (χ0v) is 16.0. The average molecular weight is 370 g/mol. The maximum atomic E-state index is 4.84. The van der Waals surface area contributed by atoms with E-state index < -0.39 is 0 Å². The van der Waals surface area contributed by atoms with E-state index in [1.807, 2.05) is 26.2 Å². The quantitative estimate of drug-likeness (QED) is 0.706. The molecule has 4 rings (SSSR count). The molecular weight excluding hydrogens is 346 g/mol. The van der Waals surface area contributed by atoms with E-state index in [2.05, 4.69) is 57.2 Å². The number of benzene rings is 2. The van der Waals surface area contributed by atoms with Gasteiger partial charge in [0.05, 0.1) is 5.52 Å². The normalized spacial score (nSPS) is 14.2. The number of hydrogen-bond acceptors (Lipinski definition) is 5. The lowest BCUT2D eigenvalue weighted by Gasteiger charge is -2.36. The van der Waals surface area contributed by atoms with Crippen LogP contribution in [0.15, 0.2) is 54.6 Å². The maximum absolute atomic E-state index is 4.84. The highest BCUT2D eigenvalue weighted by Crippen LogP contribution is 2.26. The fourth-order valence-corrected chi connectivity index (χ4v) is 3.33. The van der Waals surface area contributed by atoms with Crippen molar-refractivity contribution in [3.05, 3.63) is 54.6 Å². The van der Waals surface area contributed by atoms with E-state index in [9.17, 15) is 0 Å². The monoisotopic (exact) mass is 369 g/mol. The third-order valence-corrected chi connectivity index (χ3v) is 4.68. The first-order valence-electron chi connectivity index (χ1n) is 8.71. The summed E-state index contributed by atoms with van der Waals surface area (Å²) in [4.78, 5) is 16.4. The van der Waals surface area contributed by atoms with Crippen molar-refractivity contribution in [1.82, 2.24) is 9.97 Å². The molecule has 0 N–H and O–H groups in total. The van der Waals surface area contributed by atoms with Crippen LogP contribution in [0.4, 0.5) is 17.5 Å². The lowest BCUT2D eigenvalue weighted by molar-refractivity contribution is 0.641. The number of piperazine rings is 1. The second-order valence-electron chi connectivity index (χ2n) is 6.57. The van der Waals surface area contributed by atoms with E-state index in [1.165, 1.54) is 5.69 Å². The number of anilines is 3. The van der Waals surface area contributed by atoms with Gasteiger partial charge in [-0.1, -0.05) is 30.3 Å². The standard InChI is InChI=1S/C20H23N5.ClH/c1-23(2)19-17-10-6-7-11-18(17)21-20(22-19)25-14-12-24(13-15-25)16-8-4-3-5-9-16;/h3-11H,12-15H2,1-2H3;1H. The molecule has 1 aliphatic rings. The molecule has 0 radical (unpaired) electrons. The minimum absolute atomic E-state index is 0. The summed E-state index contributed by atoms with van der Waals surface area (Å²) in [5, 5.41) is 1.10. The van der Waals surface area contributed by atoms with E-state index in [-0.39, 0.29) is 12.4 Å². The Labute approximate surface area is 160 Å². The molecule has 0 bridgehead atoms. The molecule has 1 aliphatic heterocycles. The predicted molar refractivity (Wildman–Crippen MR) is 112 cm³/mol. The molecule has 1 aromatic heterocycles. The fraction of sp³-hybridized carbons (Fsp3) is 0.300. The Morgan fingerprint density at radius 3 is 2.08 bits per heavy atom. The summed E-state index contributed by atoms with van der Waals surface area (Å²) >= 11 is 0. The van der Waals surface area contributed by atoms with Gasteiger partial charge in [-0.3, -0.25) is 0 Å². The van der Waals surface area contributed by atoms with Crippen molar-refractivity contribution in [2.45, 2.75) is 0 Å². The van der Waals surface area contributed by atoms with Crippen LogP contribution in [0.5, 0.6) is 0 Å². The number of rotatable bonds is 3. The molecule has 0 saturated carbocycles. The maximum Gasteiger partial charge on any atom is 0.228 e. The number of aromatic nitrogens is 2. The van der Waals surface area contributed by atoms with Gasteiger partial charge in [0.1, 0.15) is 5.82 Å². The van der Waals surface area contributed by atoms with Crippen LogP contribution < -0.4 is 14.7 Å². The molecule has 0 amide bonds. The highest BCUT2D eigenvalue weighted by molar-refractivity contribution is 5.90. The minimum Gasteiger partial charge on any atom is -0.368 e. The smallest absolute Gasteiger partial charge is 0.228 e. The summed E-state index contributed by atoms with van der Waals surface area (Å²) < 4.78 is 0. The van der Waals surface area contributed by atoms with Gasteiger partial charge in [0.15, 0.2) is 0 Å². The molecular formula is C20H24ClN5. The summed E-state index contributed by atoms with van der Waals surface area (Å²) in [6.07, 6.45) is 0. The Morgan fingerprint density at radius 2 is 1.38 bits per heavy atom. The van der Waals surface area contributed by atoms with Gasteiger partial charge in [0.25, 0.3) is 0 Å². The first-order chi connectivity index (χ1) is 12.2. The SMILES string of the molecule is CN(C)c1nc(N2CCN(c3ccccc3)CC2)nc2ccccc12.Cl. The fourth-order valence-electron chi connectivity index (χ4n) is 3.33. The largest absolute Gasteiger partial charge is 0.368 e. The summed E-state index contributed by atoms with van der Waals surface area (Å²) in [5.74, 6) is 1.81. The first kappa shape index (κ1) is 18.3. The third kappa shape index (κ3) is 3.53. The zero-order valence-electron chi connectivity index (χ0n) is 15.2. The summed E-state index contributed by atoms with van der Waals surface area (Å²) in [5.41, 5.74) is 2.29. The second kappa shape index (κ2) is 7.79. The number of fused-ring (bicyclic) bond motifs is 1. The van der Waals surface area contributed by atoms with Crippen LogP contribution in [-0.2, 0) is 0 Å². The molecule has 0 atom stereocenters. The Hall–Kier alpha value is -2.53. The van der Waals surface area contributed by atoms with E-state index in [4.69, 9.17) is 9.97 Å². The Kier molecular flexibility index (Phi) is 5.47. The summed E-state index contributed by atoms with van der Waals surface area (Å²) in [7, 11) is 4.07. The van der Waals surface area contributed by atoms with E-state index in [0.29, 0.717) is 0 Å². The predicted octanol–water partition coefficient (Wildman–Crippen LogP) is 3.44. The van der Waals surface area contributed by atoms with Gasteiger partial charge in [-0.2, -0.15) is 4.98 Å². The molecule has 3 aromatic rings. The molecule has 1 saturated heterocycles. The van der Waals surface area contributed by atoms with Gasteiger partial charge in [-0.25, -0.2) is 4.98 Å². The number of hydrogen-bond donors (Lipinski definition) is 0. The van der Waals surface area contributed by atoms with Crippen LogP contribution >= 0.6 is 12.4 Å². The Bertz CT molecular complexity index is 860. The molecule has 2 heterocycles. The van der Waals surface area contributed by atoms with E-state index in [0.717, 1.165) is 48.8 Å². The lowest BCUT2D eigenvalue weighted by Crippen LogP contribution is -2.47. The van der Waals surface area contributed by atoms with Crippen LogP contribution in [0.3, 0.4) is 0 Å². The number of nitrogens with zero attached hydrogens (tertiary/aromatic N) is 5. The van der Waals surface area contributed by atoms with Crippen molar-refractivity contribution < 1.29 is 0 Å². The van der Waals surface area contributed by atoms with Gasteiger partial charge in [0, 0.05) is 51.3 Å². The van der Waals surface area contributed by atoms with Gasteiger partial charge in [-0.15, -0.1) is 12.4 Å². The van der Waals surface area contributed by atoms with Crippen LogP contribution in [-0.4, -0.2) is 50.2 Å². The summed E-state index contributed by atoms with van der Waals surface area (Å²) in [6.45, 7) is 3.83. The molecule has 0 spiro atoms. The second-order valence-corrected chi connectivity index (χ2v) is 6.57. The topological polar surface area (TPSA) is 35.5 Å². The molecule has 1 fully saturated rings. The molecule has 26 heavy (non-hydrogen) atoms. The van der Waals surface area contributed by atoms with Gasteiger partial charge >= 0.3 is 0 Å². The Balaban J connectivity index is 0.00000196. The zero-order chi connectivity index (χ0) is 17.2. The summed E-state index contributed by atoms with van der Waals surface area (Å²) in [6, 6.07) is 18.8. The van der Waals surface area contributed by atoms with Crippen LogP contribution in [0.1, 0.15) is 0 Å². The first-order valence-corrected chi connectivity index (χ1v) is 8.71. The molecule has 136 valence electrons. The van der Waals surface area contributed by atoms with Crippen molar-refractivity contribution in [1.29, 1.82) is 0 Å². The highest BCUT2D eigenvalue weighted by atomic mass is 35.5. The minimum atomic E-state index is 0. The van der Waals surface area contributed by atoms with Gasteiger partial charge < -0.3 is 14.7 Å². The third-order valence-electron chi connectivity index (χ3n) is 4.68. The van der Waals surface area contributed by atoms with Gasteiger partial charge in [0.2, 0.25) is 5.95 Å².